The lowest BCUT2D eigenvalue weighted by Gasteiger charge is -2.24. The minimum atomic E-state index is -0.490. The fraction of sp³-hybridized carbons (Fsp3) is 0.222. The van der Waals surface area contributed by atoms with Crippen molar-refractivity contribution in [3.8, 4) is 11.4 Å². The van der Waals surface area contributed by atoms with Crippen LogP contribution in [0.25, 0.3) is 5.69 Å². The second-order valence-electron chi connectivity index (χ2n) is 6.11. The first-order valence-corrected chi connectivity index (χ1v) is 8.33. The van der Waals surface area contributed by atoms with Gasteiger partial charge in [-0.05, 0) is 54.6 Å². The Hall–Kier alpha value is -3.42. The highest BCUT2D eigenvalue weighted by molar-refractivity contribution is 5.98. The Kier molecular flexibility index (Phi) is 4.00. The number of carbonyl (C=O) groups excluding carboxylic acids is 1. The topological polar surface area (TPSA) is 94.0 Å². The van der Waals surface area contributed by atoms with E-state index in [1.807, 2.05) is 55.5 Å². The van der Waals surface area contributed by atoms with Gasteiger partial charge in [-0.2, -0.15) is 4.68 Å². The lowest BCUT2D eigenvalue weighted by Crippen LogP contribution is -2.34. The second-order valence-corrected chi connectivity index (χ2v) is 6.11. The molecule has 1 amide bonds. The monoisotopic (exact) mass is 350 g/mol. The first-order valence-electron chi connectivity index (χ1n) is 8.33. The zero-order valence-electron chi connectivity index (χ0n) is 14.4. The summed E-state index contributed by atoms with van der Waals surface area (Å²) < 4.78 is 7.27. The van der Waals surface area contributed by atoms with Crippen LogP contribution in [-0.4, -0.2) is 32.2 Å². The third-order valence-corrected chi connectivity index (χ3v) is 4.18. The molecule has 26 heavy (non-hydrogen) atoms. The Morgan fingerprint density at radius 1 is 1.23 bits per heavy atom. The van der Waals surface area contributed by atoms with Crippen molar-refractivity contribution in [1.82, 2.24) is 20.2 Å². The van der Waals surface area contributed by atoms with Crippen molar-refractivity contribution in [1.29, 1.82) is 0 Å². The summed E-state index contributed by atoms with van der Waals surface area (Å²) in [6.07, 6.45) is -0.490. The van der Waals surface area contributed by atoms with Crippen LogP contribution in [0.3, 0.4) is 0 Å². The molecule has 0 radical (unpaired) electrons. The molecule has 0 saturated heterocycles. The maximum Gasteiger partial charge on any atom is 0.265 e. The van der Waals surface area contributed by atoms with Crippen LogP contribution in [0.4, 0.5) is 11.4 Å². The van der Waals surface area contributed by atoms with E-state index in [1.54, 1.807) is 11.6 Å². The van der Waals surface area contributed by atoms with Crippen molar-refractivity contribution >= 4 is 17.3 Å². The van der Waals surface area contributed by atoms with E-state index >= 15 is 0 Å². The molecule has 1 aromatic heterocycles. The molecule has 132 valence electrons. The molecule has 0 aliphatic carbocycles. The quantitative estimate of drug-likeness (QED) is 0.751. The zero-order valence-corrected chi connectivity index (χ0v) is 14.4. The first-order chi connectivity index (χ1) is 12.6. The normalized spacial score (nSPS) is 17.0. The number of benzene rings is 2. The SMILES string of the molecule is CC1Oc2ccc(NC(C)c3nnnn3-c3ccccc3)cc2NC1=O. The number of carbonyl (C=O) groups is 1. The Morgan fingerprint density at radius 3 is 2.85 bits per heavy atom. The van der Waals surface area contributed by atoms with Gasteiger partial charge in [-0.25, -0.2) is 0 Å². The molecule has 0 spiro atoms. The van der Waals surface area contributed by atoms with E-state index in [1.165, 1.54) is 0 Å². The van der Waals surface area contributed by atoms with Crippen LogP contribution in [0.5, 0.6) is 5.75 Å². The predicted molar refractivity (Wildman–Crippen MR) is 96.4 cm³/mol. The van der Waals surface area contributed by atoms with Crippen LogP contribution in [0.15, 0.2) is 48.5 Å². The van der Waals surface area contributed by atoms with Crippen LogP contribution in [0.2, 0.25) is 0 Å². The highest BCUT2D eigenvalue weighted by Crippen LogP contribution is 2.33. The van der Waals surface area contributed by atoms with E-state index in [0.29, 0.717) is 17.3 Å². The molecule has 0 saturated carbocycles. The molecule has 2 aromatic carbocycles. The van der Waals surface area contributed by atoms with Gasteiger partial charge in [0.25, 0.3) is 5.91 Å². The van der Waals surface area contributed by atoms with E-state index in [2.05, 4.69) is 26.2 Å². The third-order valence-electron chi connectivity index (χ3n) is 4.18. The first kappa shape index (κ1) is 16.1. The largest absolute Gasteiger partial charge is 0.479 e. The van der Waals surface area contributed by atoms with Gasteiger partial charge in [0.05, 0.1) is 17.4 Å². The summed E-state index contributed by atoms with van der Waals surface area (Å²) in [7, 11) is 0. The fourth-order valence-corrected chi connectivity index (χ4v) is 2.83. The molecular formula is C18H18N6O2. The molecule has 8 heteroatoms. The molecule has 0 fully saturated rings. The predicted octanol–water partition coefficient (Wildman–Crippen LogP) is 2.55. The number of aromatic nitrogens is 4. The fourth-order valence-electron chi connectivity index (χ4n) is 2.83. The number of rotatable bonds is 4. The van der Waals surface area contributed by atoms with Crippen LogP contribution >= 0.6 is 0 Å². The number of ether oxygens (including phenoxy) is 1. The summed E-state index contributed by atoms with van der Waals surface area (Å²) in [5, 5.41) is 18.2. The van der Waals surface area contributed by atoms with Crippen molar-refractivity contribution in [3.63, 3.8) is 0 Å². The number of amides is 1. The Balaban J connectivity index is 1.57. The summed E-state index contributed by atoms with van der Waals surface area (Å²) in [4.78, 5) is 11.8. The minimum absolute atomic E-state index is 0.151. The molecule has 0 bridgehead atoms. The van der Waals surface area contributed by atoms with E-state index in [4.69, 9.17) is 4.74 Å². The van der Waals surface area contributed by atoms with E-state index < -0.39 is 6.10 Å². The van der Waals surface area contributed by atoms with Crippen molar-refractivity contribution < 1.29 is 9.53 Å². The van der Waals surface area contributed by atoms with Gasteiger partial charge in [0, 0.05) is 5.69 Å². The third kappa shape index (κ3) is 2.97. The van der Waals surface area contributed by atoms with Crippen molar-refractivity contribution in [3.05, 3.63) is 54.4 Å². The minimum Gasteiger partial charge on any atom is -0.479 e. The van der Waals surface area contributed by atoms with Gasteiger partial charge in [0.1, 0.15) is 5.75 Å². The lowest BCUT2D eigenvalue weighted by atomic mass is 10.2. The number of fused-ring (bicyclic) bond motifs is 1. The maximum atomic E-state index is 11.8. The van der Waals surface area contributed by atoms with Gasteiger partial charge < -0.3 is 15.4 Å². The Labute approximate surface area is 150 Å². The molecule has 1 aliphatic rings. The molecule has 2 unspecified atom stereocenters. The smallest absolute Gasteiger partial charge is 0.265 e. The highest BCUT2D eigenvalue weighted by atomic mass is 16.5. The van der Waals surface area contributed by atoms with E-state index in [0.717, 1.165) is 11.4 Å². The number of nitrogens with one attached hydrogen (secondary N) is 2. The van der Waals surface area contributed by atoms with Gasteiger partial charge in [-0.3, -0.25) is 4.79 Å². The lowest BCUT2D eigenvalue weighted by molar-refractivity contribution is -0.122. The average molecular weight is 350 g/mol. The maximum absolute atomic E-state index is 11.8. The molecule has 3 aromatic rings. The van der Waals surface area contributed by atoms with Gasteiger partial charge >= 0.3 is 0 Å². The summed E-state index contributed by atoms with van der Waals surface area (Å²) in [5.74, 6) is 1.18. The molecule has 4 rings (SSSR count). The Bertz CT molecular complexity index is 940. The van der Waals surface area contributed by atoms with Crippen LogP contribution in [0.1, 0.15) is 25.7 Å². The van der Waals surface area contributed by atoms with Crippen molar-refractivity contribution in [2.75, 3.05) is 10.6 Å². The number of nitrogens with zero attached hydrogens (tertiary/aromatic N) is 4. The average Bonchev–Trinajstić information content (AvgIpc) is 3.14. The summed E-state index contributed by atoms with van der Waals surface area (Å²) in [6.45, 7) is 3.69. The van der Waals surface area contributed by atoms with E-state index in [-0.39, 0.29) is 11.9 Å². The van der Waals surface area contributed by atoms with Crippen LogP contribution in [0, 0.1) is 0 Å². The number of anilines is 2. The molecule has 2 N–H and O–H groups in total. The summed E-state index contributed by atoms with van der Waals surface area (Å²) in [5.41, 5.74) is 2.37. The van der Waals surface area contributed by atoms with Crippen molar-refractivity contribution in [2.24, 2.45) is 0 Å². The number of tetrazole rings is 1. The number of hydrogen-bond acceptors (Lipinski definition) is 6. The van der Waals surface area contributed by atoms with Crippen LogP contribution < -0.4 is 15.4 Å². The van der Waals surface area contributed by atoms with Crippen molar-refractivity contribution in [2.45, 2.75) is 26.0 Å². The molecule has 8 nitrogen and oxygen atoms in total. The van der Waals surface area contributed by atoms with Gasteiger partial charge in [-0.15, -0.1) is 5.10 Å². The van der Waals surface area contributed by atoms with Crippen LogP contribution in [-0.2, 0) is 4.79 Å². The molecule has 1 aliphatic heterocycles. The Morgan fingerprint density at radius 2 is 2.04 bits per heavy atom. The molecule has 2 heterocycles. The van der Waals surface area contributed by atoms with E-state index in [9.17, 15) is 4.79 Å². The highest BCUT2D eigenvalue weighted by Gasteiger charge is 2.24. The second kappa shape index (κ2) is 6.47. The number of hydrogen-bond donors (Lipinski definition) is 2. The standard InChI is InChI=1S/C18H18N6O2/c1-11(17-21-22-23-24(17)14-6-4-3-5-7-14)19-13-8-9-16-15(10-13)20-18(25)12(2)26-16/h3-12,19H,1-2H3,(H,20,25). The summed E-state index contributed by atoms with van der Waals surface area (Å²) >= 11 is 0. The van der Waals surface area contributed by atoms with Gasteiger partial charge in [-0.1, -0.05) is 18.2 Å². The number of para-hydroxylation sites is 1. The molecular weight excluding hydrogens is 332 g/mol. The summed E-state index contributed by atoms with van der Waals surface area (Å²) in [6, 6.07) is 15.1. The molecule has 2 atom stereocenters. The zero-order chi connectivity index (χ0) is 18.1. The van der Waals surface area contributed by atoms with Gasteiger partial charge in [0.15, 0.2) is 11.9 Å². The van der Waals surface area contributed by atoms with Gasteiger partial charge in [0.2, 0.25) is 0 Å².